The highest BCUT2D eigenvalue weighted by atomic mass is 16.5. The average Bonchev–Trinajstić information content (AvgIpc) is 2.54. The molecule has 2 unspecified atom stereocenters. The second kappa shape index (κ2) is 7.54. The van der Waals surface area contributed by atoms with Crippen LogP contribution in [0.25, 0.3) is 0 Å². The molecule has 0 amide bonds. The first-order valence-corrected chi connectivity index (χ1v) is 9.13. The predicted molar refractivity (Wildman–Crippen MR) is 97.4 cm³/mol. The van der Waals surface area contributed by atoms with Gasteiger partial charge >= 0.3 is 0 Å². The zero-order valence-corrected chi connectivity index (χ0v) is 14.8. The molecule has 3 rings (SSSR count). The summed E-state index contributed by atoms with van der Waals surface area (Å²) in [7, 11) is 0. The fraction of sp³-hybridized carbons (Fsp3) is 0.684. The van der Waals surface area contributed by atoms with Gasteiger partial charge in [-0.25, -0.2) is 0 Å². The van der Waals surface area contributed by atoms with Gasteiger partial charge in [0.2, 0.25) is 0 Å². The van der Waals surface area contributed by atoms with Crippen LogP contribution in [0, 0.1) is 0 Å². The topological polar surface area (TPSA) is 27.7 Å². The van der Waals surface area contributed by atoms with Gasteiger partial charge in [0.05, 0.1) is 12.2 Å². The van der Waals surface area contributed by atoms with Crippen molar-refractivity contribution >= 4 is 11.4 Å². The molecule has 0 radical (unpaired) electrons. The summed E-state index contributed by atoms with van der Waals surface area (Å²) in [5.41, 5.74) is 2.59. The van der Waals surface area contributed by atoms with Gasteiger partial charge in [0.1, 0.15) is 0 Å². The first-order chi connectivity index (χ1) is 11.1. The summed E-state index contributed by atoms with van der Waals surface area (Å²) in [4.78, 5) is 5.02. The standard InChI is InChI=1S/C19H31N3O/c1-4-21-8-10-22(11-9-21)19-7-5-6-17(14-19)20-18-12-15(2)23-16(3)13-18/h5-7,14-16,18,20H,4,8-13H2,1-3H3. The van der Waals surface area contributed by atoms with E-state index in [-0.39, 0.29) is 0 Å². The van der Waals surface area contributed by atoms with Crippen LogP contribution in [0.2, 0.25) is 0 Å². The summed E-state index contributed by atoms with van der Waals surface area (Å²) in [5, 5.41) is 3.72. The number of nitrogens with zero attached hydrogens (tertiary/aromatic N) is 2. The van der Waals surface area contributed by atoms with Gasteiger partial charge < -0.3 is 19.9 Å². The molecular weight excluding hydrogens is 286 g/mol. The van der Waals surface area contributed by atoms with Gasteiger partial charge in [-0.1, -0.05) is 13.0 Å². The van der Waals surface area contributed by atoms with E-state index in [1.54, 1.807) is 0 Å². The van der Waals surface area contributed by atoms with E-state index in [4.69, 9.17) is 4.74 Å². The molecule has 2 fully saturated rings. The summed E-state index contributed by atoms with van der Waals surface area (Å²) in [6.07, 6.45) is 2.87. The maximum absolute atomic E-state index is 5.84. The maximum Gasteiger partial charge on any atom is 0.0570 e. The van der Waals surface area contributed by atoms with E-state index in [0.717, 1.165) is 32.5 Å². The Morgan fingerprint density at radius 2 is 1.78 bits per heavy atom. The highest BCUT2D eigenvalue weighted by molar-refractivity contribution is 5.58. The fourth-order valence-electron chi connectivity index (χ4n) is 3.87. The third-order valence-corrected chi connectivity index (χ3v) is 5.10. The van der Waals surface area contributed by atoms with Crippen molar-refractivity contribution < 1.29 is 4.74 Å². The number of likely N-dealkylation sites (N-methyl/N-ethyl adjacent to an activating group) is 1. The van der Waals surface area contributed by atoms with Crippen LogP contribution >= 0.6 is 0 Å². The first-order valence-electron chi connectivity index (χ1n) is 9.13. The van der Waals surface area contributed by atoms with E-state index in [2.05, 4.69) is 60.2 Å². The van der Waals surface area contributed by atoms with Crippen molar-refractivity contribution in [3.05, 3.63) is 24.3 Å². The zero-order valence-electron chi connectivity index (χ0n) is 14.8. The molecule has 4 heteroatoms. The van der Waals surface area contributed by atoms with E-state index in [0.29, 0.717) is 18.2 Å². The summed E-state index contributed by atoms with van der Waals surface area (Å²) in [5.74, 6) is 0. The molecule has 128 valence electrons. The molecule has 2 aliphatic heterocycles. The SMILES string of the molecule is CCN1CCN(c2cccc(NC3CC(C)OC(C)C3)c2)CC1. The second-order valence-electron chi connectivity index (χ2n) is 7.04. The highest BCUT2D eigenvalue weighted by Crippen LogP contribution is 2.25. The van der Waals surface area contributed by atoms with Crippen LogP contribution in [0.4, 0.5) is 11.4 Å². The monoisotopic (exact) mass is 317 g/mol. The van der Waals surface area contributed by atoms with Crippen LogP contribution in [-0.4, -0.2) is 55.9 Å². The molecule has 2 aliphatic rings. The number of anilines is 2. The van der Waals surface area contributed by atoms with Crippen LogP contribution in [-0.2, 0) is 4.74 Å². The number of hydrogen-bond acceptors (Lipinski definition) is 4. The molecule has 0 aromatic heterocycles. The smallest absolute Gasteiger partial charge is 0.0570 e. The van der Waals surface area contributed by atoms with Crippen molar-refractivity contribution in [2.45, 2.75) is 51.9 Å². The molecule has 1 aromatic rings. The minimum absolute atomic E-state index is 0.349. The molecule has 0 saturated carbocycles. The van der Waals surface area contributed by atoms with Gasteiger partial charge in [-0.2, -0.15) is 0 Å². The Hall–Kier alpha value is -1.26. The summed E-state index contributed by atoms with van der Waals surface area (Å²) in [6.45, 7) is 12.4. The number of rotatable bonds is 4. The van der Waals surface area contributed by atoms with Gasteiger partial charge in [-0.3, -0.25) is 0 Å². The van der Waals surface area contributed by atoms with Crippen LogP contribution in [0.5, 0.6) is 0 Å². The highest BCUT2D eigenvalue weighted by Gasteiger charge is 2.24. The van der Waals surface area contributed by atoms with Crippen molar-refractivity contribution in [2.24, 2.45) is 0 Å². The average molecular weight is 317 g/mol. The van der Waals surface area contributed by atoms with Crippen molar-refractivity contribution in [2.75, 3.05) is 42.9 Å². The lowest BCUT2D eigenvalue weighted by molar-refractivity contribution is -0.0337. The van der Waals surface area contributed by atoms with Crippen LogP contribution in [0.1, 0.15) is 33.6 Å². The largest absolute Gasteiger partial charge is 0.382 e. The zero-order chi connectivity index (χ0) is 16.2. The Labute approximate surface area is 140 Å². The van der Waals surface area contributed by atoms with Gasteiger partial charge in [-0.15, -0.1) is 0 Å². The normalized spacial score (nSPS) is 29.5. The van der Waals surface area contributed by atoms with E-state index in [1.807, 2.05) is 0 Å². The molecule has 0 aliphatic carbocycles. The molecule has 1 N–H and O–H groups in total. The molecule has 2 atom stereocenters. The Balaban J connectivity index is 1.61. The second-order valence-corrected chi connectivity index (χ2v) is 7.04. The number of ether oxygens (including phenoxy) is 1. The molecule has 23 heavy (non-hydrogen) atoms. The van der Waals surface area contributed by atoms with Crippen molar-refractivity contribution in [3.8, 4) is 0 Å². The van der Waals surface area contributed by atoms with Gasteiger partial charge in [0.25, 0.3) is 0 Å². The Morgan fingerprint density at radius 1 is 1.09 bits per heavy atom. The third-order valence-electron chi connectivity index (χ3n) is 5.10. The van der Waals surface area contributed by atoms with Crippen molar-refractivity contribution in [1.82, 2.24) is 4.90 Å². The summed E-state index contributed by atoms with van der Waals surface area (Å²) in [6, 6.07) is 9.43. The van der Waals surface area contributed by atoms with E-state index in [9.17, 15) is 0 Å². The van der Waals surface area contributed by atoms with Crippen LogP contribution in [0.15, 0.2) is 24.3 Å². The van der Waals surface area contributed by atoms with E-state index >= 15 is 0 Å². The molecular formula is C19H31N3O. The van der Waals surface area contributed by atoms with Gasteiger partial charge in [0.15, 0.2) is 0 Å². The summed E-state index contributed by atoms with van der Waals surface area (Å²) < 4.78 is 5.84. The van der Waals surface area contributed by atoms with E-state index < -0.39 is 0 Å². The van der Waals surface area contributed by atoms with Gasteiger partial charge in [-0.05, 0) is 51.4 Å². The summed E-state index contributed by atoms with van der Waals surface area (Å²) >= 11 is 0. The third kappa shape index (κ3) is 4.39. The molecule has 2 heterocycles. The Bertz CT molecular complexity index is 489. The lowest BCUT2D eigenvalue weighted by Gasteiger charge is -2.36. The Morgan fingerprint density at radius 3 is 2.43 bits per heavy atom. The quantitative estimate of drug-likeness (QED) is 0.923. The maximum atomic E-state index is 5.84. The van der Waals surface area contributed by atoms with Crippen molar-refractivity contribution in [3.63, 3.8) is 0 Å². The first kappa shape index (κ1) is 16.6. The van der Waals surface area contributed by atoms with E-state index in [1.165, 1.54) is 24.5 Å². The van der Waals surface area contributed by atoms with Crippen LogP contribution < -0.4 is 10.2 Å². The fourth-order valence-corrected chi connectivity index (χ4v) is 3.87. The molecule has 0 spiro atoms. The van der Waals surface area contributed by atoms with Crippen LogP contribution in [0.3, 0.4) is 0 Å². The van der Waals surface area contributed by atoms with Crippen molar-refractivity contribution in [1.29, 1.82) is 0 Å². The number of benzene rings is 1. The number of hydrogen-bond donors (Lipinski definition) is 1. The molecule has 0 bridgehead atoms. The Kier molecular flexibility index (Phi) is 5.44. The minimum atomic E-state index is 0.349. The van der Waals surface area contributed by atoms with Gasteiger partial charge in [0, 0.05) is 43.6 Å². The lowest BCUT2D eigenvalue weighted by atomic mass is 9.99. The number of piperazine rings is 1. The minimum Gasteiger partial charge on any atom is -0.382 e. The predicted octanol–water partition coefficient (Wildman–Crippen LogP) is 3.20. The molecule has 1 aromatic carbocycles. The lowest BCUT2D eigenvalue weighted by Crippen LogP contribution is -2.46. The molecule has 4 nitrogen and oxygen atoms in total. The number of nitrogens with one attached hydrogen (secondary N) is 1. The molecule has 2 saturated heterocycles.